The normalized spacial score (nSPS) is 13.5. The van der Waals surface area contributed by atoms with Gasteiger partial charge in [-0.05, 0) is 32.9 Å². The highest BCUT2D eigenvalue weighted by Crippen LogP contribution is 2.48. The van der Waals surface area contributed by atoms with Gasteiger partial charge in [0.2, 0.25) is 34.8 Å². The molecule has 0 saturated carbocycles. The third-order valence-corrected chi connectivity index (χ3v) is 5.26. The third kappa shape index (κ3) is 5.09. The molecule has 0 radical (unpaired) electrons. The lowest BCUT2D eigenvalue weighted by atomic mass is 10.1. The second-order valence-corrected chi connectivity index (χ2v) is 7.93. The van der Waals surface area contributed by atoms with Crippen LogP contribution in [-0.4, -0.2) is 18.1 Å². The first kappa shape index (κ1) is 23.6. The Morgan fingerprint density at radius 2 is 1.43 bits per heavy atom. The van der Waals surface area contributed by atoms with Crippen LogP contribution in [0.4, 0.5) is 22.0 Å². The Hall–Kier alpha value is -2.65. The molecule has 0 aliphatic carbocycles. The smallest absolute Gasteiger partial charge is 0.465 e. The van der Waals surface area contributed by atoms with Crippen LogP contribution in [0.25, 0.3) is 0 Å². The summed E-state index contributed by atoms with van der Waals surface area (Å²) < 4.78 is 96.2. The number of benzene rings is 2. The molecular weight excluding hydrogens is 436 g/mol. The molecule has 2 aromatic rings. The second-order valence-electron chi connectivity index (χ2n) is 6.35. The summed E-state index contributed by atoms with van der Waals surface area (Å²) in [5, 5.41) is 2.12. The molecule has 0 aliphatic heterocycles. The predicted molar refractivity (Wildman–Crippen MR) is 95.4 cm³/mol. The number of halogens is 5. The maximum atomic E-state index is 14.0. The monoisotopic (exact) mass is 453 g/mol. The van der Waals surface area contributed by atoms with Crippen molar-refractivity contribution in [1.82, 2.24) is 5.09 Å². The number of nitrogens with one attached hydrogen (secondary N) is 1. The molecule has 0 fully saturated rings. The van der Waals surface area contributed by atoms with Gasteiger partial charge in [-0.2, -0.15) is 13.9 Å². The van der Waals surface area contributed by atoms with Gasteiger partial charge in [0.1, 0.15) is 11.3 Å². The molecule has 0 bridgehead atoms. The zero-order valence-electron chi connectivity index (χ0n) is 16.0. The molecule has 0 unspecified atom stereocenters. The minimum absolute atomic E-state index is 0.0493. The van der Waals surface area contributed by atoms with E-state index in [1.54, 1.807) is 6.07 Å². The quantitative estimate of drug-likeness (QED) is 0.202. The fourth-order valence-corrected chi connectivity index (χ4v) is 3.87. The number of hydrogen-bond donors (Lipinski definition) is 1. The van der Waals surface area contributed by atoms with Gasteiger partial charge in [0.25, 0.3) is 0 Å². The summed E-state index contributed by atoms with van der Waals surface area (Å²) in [5.41, 5.74) is -1.80. The van der Waals surface area contributed by atoms with Crippen LogP contribution in [0.1, 0.15) is 20.8 Å². The average Bonchev–Trinajstić information content (AvgIpc) is 2.68. The van der Waals surface area contributed by atoms with Gasteiger partial charge >= 0.3 is 13.7 Å². The van der Waals surface area contributed by atoms with Crippen LogP contribution < -0.4 is 14.1 Å². The van der Waals surface area contributed by atoms with Gasteiger partial charge in [0.15, 0.2) is 0 Å². The minimum Gasteiger partial charge on any atom is -0.465 e. The Morgan fingerprint density at radius 1 is 0.933 bits per heavy atom. The van der Waals surface area contributed by atoms with Crippen molar-refractivity contribution in [3.8, 4) is 11.5 Å². The maximum Gasteiger partial charge on any atom is 0.514 e. The Morgan fingerprint density at radius 3 is 1.93 bits per heavy atom. The molecule has 0 heterocycles. The Balaban J connectivity index is 2.52. The summed E-state index contributed by atoms with van der Waals surface area (Å²) >= 11 is 0. The predicted octanol–water partition coefficient (Wildman–Crippen LogP) is 4.88. The van der Waals surface area contributed by atoms with Gasteiger partial charge < -0.3 is 13.8 Å². The lowest BCUT2D eigenvalue weighted by molar-refractivity contribution is -0.149. The van der Waals surface area contributed by atoms with E-state index >= 15 is 0 Å². The standard InChI is InChI=1S/C18H17F5NO5P/c1-4-27-17(25)18(2,3)24-30(26,28-10-8-6-5-7-9-10)29-16-14(22)12(20)11(19)13(21)15(16)23/h5-9H,4H2,1-3H3,(H,24,26)/t30-/m0/s1. The van der Waals surface area contributed by atoms with Crippen molar-refractivity contribution in [2.75, 3.05) is 6.61 Å². The van der Waals surface area contributed by atoms with Gasteiger partial charge in [-0.25, -0.2) is 17.7 Å². The molecule has 0 aliphatic rings. The van der Waals surface area contributed by atoms with Crippen LogP contribution in [0.5, 0.6) is 11.5 Å². The number of hydrogen-bond acceptors (Lipinski definition) is 5. The van der Waals surface area contributed by atoms with E-state index in [4.69, 9.17) is 9.26 Å². The van der Waals surface area contributed by atoms with Crippen molar-refractivity contribution in [3.05, 3.63) is 59.4 Å². The molecule has 0 spiro atoms. The first-order chi connectivity index (χ1) is 13.9. The number of carbonyl (C=O) groups is 1. The second kappa shape index (κ2) is 9.01. The van der Waals surface area contributed by atoms with Gasteiger partial charge in [-0.3, -0.25) is 4.79 Å². The van der Waals surface area contributed by atoms with Gasteiger partial charge in [0.05, 0.1) is 6.61 Å². The van der Waals surface area contributed by atoms with Crippen LogP contribution in [0.15, 0.2) is 30.3 Å². The maximum absolute atomic E-state index is 14.0. The number of para-hydroxylation sites is 1. The molecule has 164 valence electrons. The summed E-state index contributed by atoms with van der Waals surface area (Å²) in [5.74, 6) is -14.7. The molecule has 1 atom stereocenters. The fraction of sp³-hybridized carbons (Fsp3) is 0.278. The van der Waals surface area contributed by atoms with E-state index in [0.29, 0.717) is 0 Å². The summed E-state index contributed by atoms with van der Waals surface area (Å²) in [6.07, 6.45) is 0. The van der Waals surface area contributed by atoms with Crippen LogP contribution in [0, 0.1) is 29.1 Å². The largest absolute Gasteiger partial charge is 0.514 e. The highest BCUT2D eigenvalue weighted by Gasteiger charge is 2.43. The lowest BCUT2D eigenvalue weighted by Crippen LogP contribution is -2.47. The molecule has 1 N–H and O–H groups in total. The topological polar surface area (TPSA) is 73.9 Å². The first-order valence-electron chi connectivity index (χ1n) is 8.44. The minimum atomic E-state index is -4.96. The van der Waals surface area contributed by atoms with Gasteiger partial charge in [-0.1, -0.05) is 18.2 Å². The molecule has 6 nitrogen and oxygen atoms in total. The summed E-state index contributed by atoms with van der Waals surface area (Å²) in [4.78, 5) is 12.1. The van der Waals surface area contributed by atoms with Gasteiger partial charge in [0, 0.05) is 0 Å². The van der Waals surface area contributed by atoms with Crippen LogP contribution in [-0.2, 0) is 14.1 Å². The van der Waals surface area contributed by atoms with E-state index < -0.39 is 54.1 Å². The highest BCUT2D eigenvalue weighted by atomic mass is 31.2. The summed E-state index contributed by atoms with van der Waals surface area (Å²) in [7, 11) is -4.96. The van der Waals surface area contributed by atoms with E-state index in [-0.39, 0.29) is 12.4 Å². The average molecular weight is 453 g/mol. The Bertz CT molecular complexity index is 958. The number of carbonyl (C=O) groups excluding carboxylic acids is 1. The fourth-order valence-electron chi connectivity index (χ4n) is 2.17. The van der Waals surface area contributed by atoms with Gasteiger partial charge in [-0.15, -0.1) is 0 Å². The van der Waals surface area contributed by atoms with Crippen molar-refractivity contribution in [1.29, 1.82) is 0 Å². The Kier molecular flexibility index (Phi) is 7.10. The summed E-state index contributed by atoms with van der Waals surface area (Å²) in [6, 6.07) is 7.04. The SMILES string of the molecule is CCOC(=O)C(C)(C)N[P@](=O)(Oc1ccccc1)Oc1c(F)c(F)c(F)c(F)c1F. The zero-order chi connectivity index (χ0) is 22.7. The van der Waals surface area contributed by atoms with Crippen LogP contribution in [0.2, 0.25) is 0 Å². The van der Waals surface area contributed by atoms with Crippen molar-refractivity contribution < 1.29 is 45.1 Å². The van der Waals surface area contributed by atoms with Crippen molar-refractivity contribution >= 4 is 13.7 Å². The molecular formula is C18H17F5NO5P. The van der Waals surface area contributed by atoms with Crippen molar-refractivity contribution in [2.24, 2.45) is 0 Å². The van der Waals surface area contributed by atoms with Crippen LogP contribution >= 0.6 is 7.75 Å². The summed E-state index contributed by atoms with van der Waals surface area (Å²) in [6.45, 7) is 3.83. The van der Waals surface area contributed by atoms with E-state index in [1.807, 2.05) is 0 Å². The first-order valence-corrected chi connectivity index (χ1v) is 9.98. The molecule has 12 heteroatoms. The number of ether oxygens (including phenoxy) is 1. The molecule has 0 amide bonds. The van der Waals surface area contributed by atoms with Crippen molar-refractivity contribution in [3.63, 3.8) is 0 Å². The van der Waals surface area contributed by atoms with E-state index in [9.17, 15) is 31.3 Å². The van der Waals surface area contributed by atoms with Crippen molar-refractivity contribution in [2.45, 2.75) is 26.3 Å². The third-order valence-electron chi connectivity index (χ3n) is 3.55. The number of rotatable bonds is 8. The molecule has 0 saturated heterocycles. The highest BCUT2D eigenvalue weighted by molar-refractivity contribution is 7.52. The lowest BCUT2D eigenvalue weighted by Gasteiger charge is -2.29. The van der Waals surface area contributed by atoms with Crippen LogP contribution in [0.3, 0.4) is 0 Å². The molecule has 2 rings (SSSR count). The molecule has 30 heavy (non-hydrogen) atoms. The van der Waals surface area contributed by atoms with E-state index in [0.717, 1.165) is 0 Å². The zero-order valence-corrected chi connectivity index (χ0v) is 16.9. The van der Waals surface area contributed by atoms with E-state index in [2.05, 4.69) is 9.61 Å². The Labute approximate surface area is 168 Å². The molecule has 0 aromatic heterocycles. The molecule has 2 aromatic carbocycles. The number of esters is 1. The van der Waals surface area contributed by atoms with E-state index in [1.165, 1.54) is 45.0 Å².